The van der Waals surface area contributed by atoms with E-state index in [0.29, 0.717) is 30.5 Å². The van der Waals surface area contributed by atoms with Gasteiger partial charge >= 0.3 is 5.97 Å². The van der Waals surface area contributed by atoms with E-state index in [0.717, 1.165) is 6.08 Å². The van der Waals surface area contributed by atoms with Crippen molar-refractivity contribution in [1.82, 2.24) is 0 Å². The highest BCUT2D eigenvalue weighted by molar-refractivity contribution is 5.84. The van der Waals surface area contributed by atoms with E-state index in [9.17, 15) is 4.79 Å². The first-order valence-electron chi connectivity index (χ1n) is 5.45. The summed E-state index contributed by atoms with van der Waals surface area (Å²) in [5, 5.41) is 0. The molecule has 0 amide bonds. The van der Waals surface area contributed by atoms with Gasteiger partial charge in [0.2, 0.25) is 5.75 Å². The molecule has 4 heteroatoms. The highest BCUT2D eigenvalue weighted by Gasteiger charge is 2.13. The van der Waals surface area contributed by atoms with Gasteiger partial charge in [-0.15, -0.1) is 0 Å². The zero-order valence-corrected chi connectivity index (χ0v) is 10.1. The Balaban J connectivity index is 3.04. The largest absolute Gasteiger partial charge is 0.490 e. The lowest BCUT2D eigenvalue weighted by Gasteiger charge is -2.13. The molecule has 1 aromatic rings. The van der Waals surface area contributed by atoms with Crippen molar-refractivity contribution in [1.29, 1.82) is 0 Å². The zero-order valence-electron chi connectivity index (χ0n) is 10.1. The van der Waals surface area contributed by atoms with Crippen molar-refractivity contribution in [3.8, 4) is 17.2 Å². The Labute approximate surface area is 101 Å². The quantitative estimate of drug-likeness (QED) is 0.432. The molecule has 92 valence electrons. The third-order valence-electron chi connectivity index (χ3n) is 1.91. The molecule has 4 nitrogen and oxygen atoms in total. The second-order valence-corrected chi connectivity index (χ2v) is 3.07. The van der Waals surface area contributed by atoms with Crippen LogP contribution in [0.3, 0.4) is 0 Å². The monoisotopic (exact) mass is 236 g/mol. The summed E-state index contributed by atoms with van der Waals surface area (Å²) in [4.78, 5) is 11.2. The van der Waals surface area contributed by atoms with Gasteiger partial charge in [-0.25, -0.2) is 4.79 Å². The molecule has 0 aliphatic heterocycles. The maximum atomic E-state index is 11.2. The fourth-order valence-electron chi connectivity index (χ4n) is 1.28. The molecule has 1 rings (SSSR count). The molecule has 0 spiro atoms. The summed E-state index contributed by atoms with van der Waals surface area (Å²) in [5.41, 5.74) is 0. The third-order valence-corrected chi connectivity index (χ3v) is 1.91. The average Bonchev–Trinajstić information content (AvgIpc) is 2.33. The van der Waals surface area contributed by atoms with Gasteiger partial charge < -0.3 is 14.2 Å². The summed E-state index contributed by atoms with van der Waals surface area (Å²) >= 11 is 0. The Morgan fingerprint density at radius 3 is 2.47 bits per heavy atom. The van der Waals surface area contributed by atoms with Crippen LogP contribution >= 0.6 is 0 Å². The predicted molar refractivity (Wildman–Crippen MR) is 64.6 cm³/mol. The van der Waals surface area contributed by atoms with E-state index in [1.807, 2.05) is 13.8 Å². The molecule has 0 N–H and O–H groups in total. The molecular weight excluding hydrogens is 220 g/mol. The number of rotatable bonds is 6. The molecule has 17 heavy (non-hydrogen) atoms. The smallest absolute Gasteiger partial charge is 0.335 e. The molecule has 0 saturated heterocycles. The normalized spacial score (nSPS) is 9.53. The van der Waals surface area contributed by atoms with E-state index < -0.39 is 5.97 Å². The molecule has 1 aromatic carbocycles. The van der Waals surface area contributed by atoms with E-state index in [2.05, 4.69) is 6.58 Å². The topological polar surface area (TPSA) is 44.8 Å². The van der Waals surface area contributed by atoms with Crippen molar-refractivity contribution in [3.63, 3.8) is 0 Å². The maximum absolute atomic E-state index is 11.2. The van der Waals surface area contributed by atoms with Crippen LogP contribution in [0.1, 0.15) is 13.8 Å². The predicted octanol–water partition coefficient (Wildman–Crippen LogP) is 2.58. The van der Waals surface area contributed by atoms with Crippen LogP contribution in [-0.2, 0) is 4.79 Å². The summed E-state index contributed by atoms with van der Waals surface area (Å²) in [7, 11) is 0. The summed E-state index contributed by atoms with van der Waals surface area (Å²) in [5.74, 6) is 0.804. The summed E-state index contributed by atoms with van der Waals surface area (Å²) in [6.07, 6.45) is 1.10. The van der Waals surface area contributed by atoms with Crippen LogP contribution in [0, 0.1) is 0 Å². The zero-order chi connectivity index (χ0) is 12.7. The number of hydrogen-bond donors (Lipinski definition) is 0. The fourth-order valence-corrected chi connectivity index (χ4v) is 1.28. The van der Waals surface area contributed by atoms with Gasteiger partial charge in [0, 0.05) is 6.08 Å². The van der Waals surface area contributed by atoms with Crippen molar-refractivity contribution >= 4 is 5.97 Å². The molecule has 0 unspecified atom stereocenters. The number of para-hydroxylation sites is 1. The van der Waals surface area contributed by atoms with Gasteiger partial charge in [0.15, 0.2) is 11.5 Å². The Hall–Kier alpha value is -1.97. The summed E-state index contributed by atoms with van der Waals surface area (Å²) < 4.78 is 15.9. The van der Waals surface area contributed by atoms with E-state index in [1.165, 1.54) is 0 Å². The number of hydrogen-bond acceptors (Lipinski definition) is 4. The van der Waals surface area contributed by atoms with Gasteiger partial charge in [-0.05, 0) is 26.0 Å². The SMILES string of the molecule is C=CC(=O)Oc1cccc(OCC)c1OCC. The highest BCUT2D eigenvalue weighted by atomic mass is 16.6. The van der Waals surface area contributed by atoms with E-state index in [1.54, 1.807) is 18.2 Å². The van der Waals surface area contributed by atoms with Crippen molar-refractivity contribution in [2.24, 2.45) is 0 Å². The second-order valence-electron chi connectivity index (χ2n) is 3.07. The second kappa shape index (κ2) is 6.58. The third kappa shape index (κ3) is 3.52. The Morgan fingerprint density at radius 1 is 1.24 bits per heavy atom. The van der Waals surface area contributed by atoms with Crippen molar-refractivity contribution in [3.05, 3.63) is 30.9 Å². The number of benzene rings is 1. The molecule has 0 bridgehead atoms. The molecule has 0 fully saturated rings. The maximum Gasteiger partial charge on any atom is 0.335 e. The average molecular weight is 236 g/mol. The molecule has 0 aliphatic rings. The first-order valence-corrected chi connectivity index (χ1v) is 5.45. The summed E-state index contributed by atoms with van der Waals surface area (Å²) in [6, 6.07) is 5.15. The van der Waals surface area contributed by atoms with Crippen molar-refractivity contribution in [2.75, 3.05) is 13.2 Å². The van der Waals surface area contributed by atoms with Crippen LogP contribution < -0.4 is 14.2 Å². The van der Waals surface area contributed by atoms with E-state index in [-0.39, 0.29) is 0 Å². The standard InChI is InChI=1S/C13H16O4/c1-4-12(14)17-11-9-7-8-10(15-5-2)13(11)16-6-3/h4,7-9H,1,5-6H2,2-3H3. The highest BCUT2D eigenvalue weighted by Crippen LogP contribution is 2.37. The first kappa shape index (κ1) is 13.1. The lowest BCUT2D eigenvalue weighted by atomic mass is 10.3. The first-order chi connectivity index (χ1) is 8.22. The Morgan fingerprint density at radius 2 is 1.88 bits per heavy atom. The van der Waals surface area contributed by atoms with Crippen LogP contribution in [0.2, 0.25) is 0 Å². The van der Waals surface area contributed by atoms with Crippen LogP contribution in [0.5, 0.6) is 17.2 Å². The minimum absolute atomic E-state index is 0.336. The van der Waals surface area contributed by atoms with Gasteiger partial charge in [0.05, 0.1) is 13.2 Å². The van der Waals surface area contributed by atoms with Crippen molar-refractivity contribution in [2.45, 2.75) is 13.8 Å². The number of ether oxygens (including phenoxy) is 3. The number of carbonyl (C=O) groups is 1. The van der Waals surface area contributed by atoms with Gasteiger partial charge in [0.1, 0.15) is 0 Å². The van der Waals surface area contributed by atoms with Gasteiger partial charge in [-0.2, -0.15) is 0 Å². The molecule has 0 aromatic heterocycles. The van der Waals surface area contributed by atoms with Crippen LogP contribution in [0.4, 0.5) is 0 Å². The van der Waals surface area contributed by atoms with E-state index >= 15 is 0 Å². The van der Waals surface area contributed by atoms with Crippen LogP contribution in [-0.4, -0.2) is 19.2 Å². The molecule has 0 heterocycles. The minimum Gasteiger partial charge on any atom is -0.490 e. The molecule has 0 radical (unpaired) electrons. The lowest BCUT2D eigenvalue weighted by Crippen LogP contribution is -2.06. The molecule has 0 atom stereocenters. The van der Waals surface area contributed by atoms with E-state index in [4.69, 9.17) is 14.2 Å². The van der Waals surface area contributed by atoms with Gasteiger partial charge in [-0.1, -0.05) is 12.6 Å². The number of esters is 1. The van der Waals surface area contributed by atoms with Gasteiger partial charge in [0.25, 0.3) is 0 Å². The fraction of sp³-hybridized carbons (Fsp3) is 0.308. The minimum atomic E-state index is -0.528. The summed E-state index contributed by atoms with van der Waals surface area (Å²) in [6.45, 7) is 8.04. The Bertz CT molecular complexity index is 398. The number of carbonyl (C=O) groups excluding carboxylic acids is 1. The molecular formula is C13H16O4. The van der Waals surface area contributed by atoms with Crippen LogP contribution in [0.15, 0.2) is 30.9 Å². The van der Waals surface area contributed by atoms with Crippen LogP contribution in [0.25, 0.3) is 0 Å². The van der Waals surface area contributed by atoms with Crippen molar-refractivity contribution < 1.29 is 19.0 Å². The lowest BCUT2D eigenvalue weighted by molar-refractivity contribution is -0.129. The van der Waals surface area contributed by atoms with Gasteiger partial charge in [-0.3, -0.25) is 0 Å². The molecule has 0 aliphatic carbocycles. The molecule has 0 saturated carbocycles. The Kier molecular flexibility index (Phi) is 5.07.